The van der Waals surface area contributed by atoms with Crippen molar-refractivity contribution in [3.8, 4) is 0 Å². The third-order valence-electron chi connectivity index (χ3n) is 4.32. The molecule has 0 atom stereocenters. The number of rotatable bonds is 7. The van der Waals surface area contributed by atoms with Crippen molar-refractivity contribution in [1.82, 2.24) is 10.6 Å². The second-order valence-corrected chi connectivity index (χ2v) is 7.07. The maximum absolute atomic E-state index is 11.9. The normalized spacial score (nSPS) is 15.2. The van der Waals surface area contributed by atoms with E-state index in [0.29, 0.717) is 25.1 Å². The van der Waals surface area contributed by atoms with E-state index in [1.54, 1.807) is 12.1 Å². The van der Waals surface area contributed by atoms with Gasteiger partial charge in [-0.3, -0.25) is 9.59 Å². The van der Waals surface area contributed by atoms with Gasteiger partial charge in [-0.25, -0.2) is 0 Å². The highest BCUT2D eigenvalue weighted by Gasteiger charge is 2.14. The average Bonchev–Trinajstić information content (AvgIpc) is 2.57. The lowest BCUT2D eigenvalue weighted by atomic mass is 9.86. The van der Waals surface area contributed by atoms with Crippen LogP contribution in [-0.2, 0) is 4.79 Å². The van der Waals surface area contributed by atoms with Crippen LogP contribution in [0.25, 0.3) is 0 Å². The van der Waals surface area contributed by atoms with Gasteiger partial charge in [0, 0.05) is 29.5 Å². The Labute approximate surface area is 146 Å². The Hall–Kier alpha value is -1.36. The third-order valence-corrected chi connectivity index (χ3v) is 4.82. The zero-order valence-corrected chi connectivity index (χ0v) is 15.0. The van der Waals surface area contributed by atoms with Crippen LogP contribution in [0, 0.1) is 5.92 Å². The fraction of sp³-hybridized carbons (Fsp3) is 0.556. The number of amides is 2. The number of nitrogens with one attached hydrogen (secondary N) is 2. The Balaban J connectivity index is 1.57. The van der Waals surface area contributed by atoms with E-state index in [2.05, 4.69) is 26.6 Å². The zero-order valence-electron chi connectivity index (χ0n) is 13.4. The summed E-state index contributed by atoms with van der Waals surface area (Å²) < 4.78 is 0.876. The van der Waals surface area contributed by atoms with Gasteiger partial charge in [0.05, 0.1) is 0 Å². The van der Waals surface area contributed by atoms with E-state index in [4.69, 9.17) is 0 Å². The standard InChI is InChI=1S/C18H25BrN2O2/c19-16-8-4-7-15(13-16)18(23)21-12-11-20-17(22)10-9-14-5-2-1-3-6-14/h4,7-8,13-14H,1-3,5-6,9-12H2,(H,20,22)(H,21,23). The fourth-order valence-corrected chi connectivity index (χ4v) is 3.41. The molecule has 5 heteroatoms. The topological polar surface area (TPSA) is 58.2 Å². The van der Waals surface area contributed by atoms with Crippen LogP contribution in [0.2, 0.25) is 0 Å². The van der Waals surface area contributed by atoms with Gasteiger partial charge in [0.15, 0.2) is 0 Å². The van der Waals surface area contributed by atoms with E-state index in [1.165, 1.54) is 32.1 Å². The van der Waals surface area contributed by atoms with Crippen molar-refractivity contribution in [3.63, 3.8) is 0 Å². The van der Waals surface area contributed by atoms with E-state index in [9.17, 15) is 9.59 Å². The molecule has 0 aliphatic heterocycles. The van der Waals surface area contributed by atoms with Crippen molar-refractivity contribution in [2.45, 2.75) is 44.9 Å². The number of carbonyl (C=O) groups is 2. The number of halogens is 1. The van der Waals surface area contributed by atoms with Gasteiger partial charge in [-0.2, -0.15) is 0 Å². The minimum absolute atomic E-state index is 0.0901. The van der Waals surface area contributed by atoms with Crippen molar-refractivity contribution in [2.75, 3.05) is 13.1 Å². The first-order chi connectivity index (χ1) is 11.1. The Morgan fingerprint density at radius 1 is 1.09 bits per heavy atom. The summed E-state index contributed by atoms with van der Waals surface area (Å²) in [4.78, 5) is 23.7. The summed E-state index contributed by atoms with van der Waals surface area (Å²) in [6, 6.07) is 7.25. The third kappa shape index (κ3) is 6.73. The summed E-state index contributed by atoms with van der Waals surface area (Å²) in [5.41, 5.74) is 0.614. The molecular weight excluding hydrogens is 356 g/mol. The molecule has 23 heavy (non-hydrogen) atoms. The quantitative estimate of drug-likeness (QED) is 0.709. The number of carbonyl (C=O) groups excluding carboxylic acids is 2. The number of hydrogen-bond donors (Lipinski definition) is 2. The fourth-order valence-electron chi connectivity index (χ4n) is 3.01. The van der Waals surface area contributed by atoms with Crippen LogP contribution in [0.3, 0.4) is 0 Å². The van der Waals surface area contributed by atoms with Crippen LogP contribution < -0.4 is 10.6 Å². The summed E-state index contributed by atoms with van der Waals surface area (Å²) in [7, 11) is 0. The molecule has 2 N–H and O–H groups in total. The molecule has 1 aliphatic rings. The molecule has 1 aromatic rings. The molecule has 2 amide bonds. The van der Waals surface area contributed by atoms with Crippen LogP contribution in [0.1, 0.15) is 55.3 Å². The summed E-state index contributed by atoms with van der Waals surface area (Å²) in [5, 5.41) is 5.69. The molecule has 0 heterocycles. The van der Waals surface area contributed by atoms with Crippen molar-refractivity contribution < 1.29 is 9.59 Å². The minimum Gasteiger partial charge on any atom is -0.354 e. The lowest BCUT2D eigenvalue weighted by Gasteiger charge is -2.20. The van der Waals surface area contributed by atoms with Gasteiger partial charge in [-0.15, -0.1) is 0 Å². The Kier molecular flexibility index (Phi) is 7.59. The summed E-state index contributed by atoms with van der Waals surface area (Å²) in [6.07, 6.45) is 8.12. The molecule has 0 radical (unpaired) electrons. The summed E-state index contributed by atoms with van der Waals surface area (Å²) in [6.45, 7) is 0.920. The second kappa shape index (κ2) is 9.71. The molecule has 0 unspecified atom stereocenters. The highest BCUT2D eigenvalue weighted by molar-refractivity contribution is 9.10. The van der Waals surface area contributed by atoms with Crippen molar-refractivity contribution >= 4 is 27.7 Å². The predicted octanol–water partition coefficient (Wildman–Crippen LogP) is 3.66. The van der Waals surface area contributed by atoms with Gasteiger partial charge in [0.2, 0.25) is 5.91 Å². The van der Waals surface area contributed by atoms with Crippen LogP contribution in [0.15, 0.2) is 28.7 Å². The summed E-state index contributed by atoms with van der Waals surface area (Å²) in [5.74, 6) is 0.695. The van der Waals surface area contributed by atoms with Crippen molar-refractivity contribution in [1.29, 1.82) is 0 Å². The van der Waals surface area contributed by atoms with E-state index in [-0.39, 0.29) is 11.8 Å². The second-order valence-electron chi connectivity index (χ2n) is 6.16. The molecule has 1 fully saturated rings. The molecule has 1 aliphatic carbocycles. The summed E-state index contributed by atoms with van der Waals surface area (Å²) >= 11 is 3.34. The Morgan fingerprint density at radius 2 is 1.83 bits per heavy atom. The van der Waals surface area contributed by atoms with Gasteiger partial charge in [0.1, 0.15) is 0 Å². The van der Waals surface area contributed by atoms with Crippen LogP contribution in [-0.4, -0.2) is 24.9 Å². The van der Waals surface area contributed by atoms with Crippen LogP contribution in [0.5, 0.6) is 0 Å². The van der Waals surface area contributed by atoms with Gasteiger partial charge >= 0.3 is 0 Å². The molecule has 126 valence electrons. The Morgan fingerprint density at radius 3 is 2.57 bits per heavy atom. The van der Waals surface area contributed by atoms with Gasteiger partial charge in [-0.1, -0.05) is 54.1 Å². The van der Waals surface area contributed by atoms with E-state index in [0.717, 1.165) is 16.8 Å². The number of benzene rings is 1. The molecule has 0 saturated heterocycles. The molecular formula is C18H25BrN2O2. The van der Waals surface area contributed by atoms with E-state index >= 15 is 0 Å². The van der Waals surface area contributed by atoms with E-state index in [1.807, 2.05) is 12.1 Å². The molecule has 0 spiro atoms. The minimum atomic E-state index is -0.122. The highest BCUT2D eigenvalue weighted by Crippen LogP contribution is 2.27. The van der Waals surface area contributed by atoms with Gasteiger partial charge in [0.25, 0.3) is 5.91 Å². The molecule has 1 aromatic carbocycles. The first kappa shape index (κ1) is 18.0. The number of hydrogen-bond acceptors (Lipinski definition) is 2. The molecule has 0 bridgehead atoms. The average molecular weight is 381 g/mol. The van der Waals surface area contributed by atoms with Gasteiger partial charge < -0.3 is 10.6 Å². The zero-order chi connectivity index (χ0) is 16.5. The molecule has 1 saturated carbocycles. The smallest absolute Gasteiger partial charge is 0.251 e. The Bertz CT molecular complexity index is 528. The predicted molar refractivity (Wildman–Crippen MR) is 95.3 cm³/mol. The van der Waals surface area contributed by atoms with Crippen molar-refractivity contribution in [2.24, 2.45) is 5.92 Å². The van der Waals surface area contributed by atoms with Crippen LogP contribution in [0.4, 0.5) is 0 Å². The maximum atomic E-state index is 11.9. The lowest BCUT2D eigenvalue weighted by Crippen LogP contribution is -2.34. The molecule has 4 nitrogen and oxygen atoms in total. The monoisotopic (exact) mass is 380 g/mol. The van der Waals surface area contributed by atoms with Crippen molar-refractivity contribution in [3.05, 3.63) is 34.3 Å². The SMILES string of the molecule is O=C(CCC1CCCCC1)NCCNC(=O)c1cccc(Br)c1. The van der Waals surface area contributed by atoms with Crippen LogP contribution >= 0.6 is 15.9 Å². The van der Waals surface area contributed by atoms with E-state index < -0.39 is 0 Å². The first-order valence-corrected chi connectivity index (χ1v) is 9.25. The largest absolute Gasteiger partial charge is 0.354 e. The lowest BCUT2D eigenvalue weighted by molar-refractivity contribution is -0.121. The molecule has 0 aromatic heterocycles. The maximum Gasteiger partial charge on any atom is 0.251 e. The first-order valence-electron chi connectivity index (χ1n) is 8.45. The molecule has 2 rings (SSSR count). The van der Waals surface area contributed by atoms with Gasteiger partial charge in [-0.05, 0) is 30.5 Å². The highest BCUT2D eigenvalue weighted by atomic mass is 79.9.